The second-order valence-electron chi connectivity index (χ2n) is 7.67. The maximum Gasteiger partial charge on any atom is -0.00369 e. The van der Waals surface area contributed by atoms with Gasteiger partial charge in [0, 0.05) is 0 Å². The molecule has 0 bridgehead atoms. The van der Waals surface area contributed by atoms with Crippen molar-refractivity contribution in [1.82, 2.24) is 5.32 Å². The Kier molecular flexibility index (Phi) is 19.9. The molecule has 2 nitrogen and oxygen atoms in total. The van der Waals surface area contributed by atoms with E-state index in [1.165, 1.54) is 96.4 Å². The average molecular weight is 327 g/mol. The summed E-state index contributed by atoms with van der Waals surface area (Å²) in [5.74, 6) is 0.891. The standard InChI is InChI=1S/C21H46N2/c1-21(2)17-14-12-10-8-6-4-3-5-7-9-11-13-15-19-23-20-16-18-22/h21,23H,3-20,22H2,1-2H3. The van der Waals surface area contributed by atoms with E-state index in [-0.39, 0.29) is 0 Å². The van der Waals surface area contributed by atoms with Crippen molar-refractivity contribution in [2.75, 3.05) is 19.6 Å². The fourth-order valence-electron chi connectivity index (χ4n) is 3.10. The van der Waals surface area contributed by atoms with Crippen LogP contribution in [0.5, 0.6) is 0 Å². The lowest BCUT2D eigenvalue weighted by Crippen LogP contribution is -2.19. The van der Waals surface area contributed by atoms with E-state index in [0.29, 0.717) is 0 Å². The highest BCUT2D eigenvalue weighted by Gasteiger charge is 1.96. The van der Waals surface area contributed by atoms with E-state index in [0.717, 1.165) is 25.4 Å². The van der Waals surface area contributed by atoms with E-state index in [4.69, 9.17) is 5.73 Å². The van der Waals surface area contributed by atoms with Crippen LogP contribution < -0.4 is 11.1 Å². The molecule has 3 N–H and O–H groups in total. The maximum atomic E-state index is 5.46. The molecule has 0 aliphatic carbocycles. The van der Waals surface area contributed by atoms with Gasteiger partial charge in [-0.05, 0) is 38.4 Å². The normalized spacial score (nSPS) is 11.5. The van der Waals surface area contributed by atoms with Gasteiger partial charge in [-0.1, -0.05) is 97.3 Å². The highest BCUT2D eigenvalue weighted by molar-refractivity contribution is 4.52. The molecular weight excluding hydrogens is 280 g/mol. The summed E-state index contributed by atoms with van der Waals surface area (Å²) >= 11 is 0. The predicted octanol–water partition coefficient (Wildman–Crippen LogP) is 6.04. The van der Waals surface area contributed by atoms with Crippen molar-refractivity contribution in [1.29, 1.82) is 0 Å². The summed E-state index contributed by atoms with van der Waals surface area (Å²) in [7, 11) is 0. The van der Waals surface area contributed by atoms with Crippen LogP contribution in [0.4, 0.5) is 0 Å². The van der Waals surface area contributed by atoms with E-state index in [1.54, 1.807) is 0 Å². The third-order valence-corrected chi connectivity index (χ3v) is 4.69. The molecule has 0 unspecified atom stereocenters. The third kappa shape index (κ3) is 21.9. The zero-order chi connectivity index (χ0) is 17.0. The van der Waals surface area contributed by atoms with Crippen LogP contribution in [0.25, 0.3) is 0 Å². The summed E-state index contributed by atoms with van der Waals surface area (Å²) in [5, 5.41) is 3.46. The molecule has 0 aliphatic heterocycles. The van der Waals surface area contributed by atoms with Crippen molar-refractivity contribution < 1.29 is 0 Å². The van der Waals surface area contributed by atoms with Gasteiger partial charge in [0.1, 0.15) is 0 Å². The largest absolute Gasteiger partial charge is 0.330 e. The third-order valence-electron chi connectivity index (χ3n) is 4.69. The molecule has 0 radical (unpaired) electrons. The molecule has 0 amide bonds. The summed E-state index contributed by atoms with van der Waals surface area (Å²) in [5.41, 5.74) is 5.46. The molecule has 0 aromatic rings. The minimum absolute atomic E-state index is 0.811. The molecule has 140 valence electrons. The van der Waals surface area contributed by atoms with Crippen LogP contribution in [0.2, 0.25) is 0 Å². The summed E-state index contributed by atoms with van der Waals surface area (Å²) in [6.45, 7) is 7.75. The Bertz CT molecular complexity index is 204. The Hall–Kier alpha value is -0.0800. The van der Waals surface area contributed by atoms with Gasteiger partial charge in [-0.3, -0.25) is 0 Å². The van der Waals surface area contributed by atoms with Crippen LogP contribution in [0.3, 0.4) is 0 Å². The summed E-state index contributed by atoms with van der Waals surface area (Å²) in [4.78, 5) is 0. The van der Waals surface area contributed by atoms with E-state index in [9.17, 15) is 0 Å². The Morgan fingerprint density at radius 2 is 0.957 bits per heavy atom. The molecule has 0 aliphatic rings. The molecule has 23 heavy (non-hydrogen) atoms. The van der Waals surface area contributed by atoms with Crippen LogP contribution in [-0.2, 0) is 0 Å². The van der Waals surface area contributed by atoms with Crippen molar-refractivity contribution >= 4 is 0 Å². The zero-order valence-electron chi connectivity index (χ0n) is 16.4. The molecule has 0 spiro atoms. The first kappa shape index (κ1) is 22.9. The van der Waals surface area contributed by atoms with Gasteiger partial charge in [-0.15, -0.1) is 0 Å². The summed E-state index contributed by atoms with van der Waals surface area (Å²) in [6.07, 6.45) is 21.3. The van der Waals surface area contributed by atoms with E-state index in [1.807, 2.05) is 0 Å². The molecule has 2 heteroatoms. The molecule has 0 aromatic heterocycles. The van der Waals surface area contributed by atoms with Gasteiger partial charge in [0.15, 0.2) is 0 Å². The first-order chi connectivity index (χ1) is 11.3. The van der Waals surface area contributed by atoms with Gasteiger partial charge in [-0.25, -0.2) is 0 Å². The molecule has 0 aromatic carbocycles. The number of nitrogens with two attached hydrogens (primary N) is 1. The van der Waals surface area contributed by atoms with Gasteiger partial charge >= 0.3 is 0 Å². The zero-order valence-corrected chi connectivity index (χ0v) is 16.4. The molecule has 0 atom stereocenters. The van der Waals surface area contributed by atoms with E-state index < -0.39 is 0 Å². The molecule has 0 saturated carbocycles. The van der Waals surface area contributed by atoms with Crippen LogP contribution in [-0.4, -0.2) is 19.6 Å². The summed E-state index contributed by atoms with van der Waals surface area (Å²) in [6, 6.07) is 0. The Morgan fingerprint density at radius 1 is 0.565 bits per heavy atom. The first-order valence-corrected chi connectivity index (χ1v) is 10.7. The quantitative estimate of drug-likeness (QED) is 0.284. The van der Waals surface area contributed by atoms with E-state index >= 15 is 0 Å². The predicted molar refractivity (Wildman–Crippen MR) is 106 cm³/mol. The average Bonchev–Trinajstić information content (AvgIpc) is 2.53. The lowest BCUT2D eigenvalue weighted by molar-refractivity contribution is 0.502. The van der Waals surface area contributed by atoms with Crippen LogP contribution >= 0.6 is 0 Å². The Labute approximate surface area is 147 Å². The van der Waals surface area contributed by atoms with Gasteiger partial charge in [0.2, 0.25) is 0 Å². The second-order valence-corrected chi connectivity index (χ2v) is 7.67. The fourth-order valence-corrected chi connectivity index (χ4v) is 3.10. The van der Waals surface area contributed by atoms with Crippen LogP contribution in [0, 0.1) is 5.92 Å². The van der Waals surface area contributed by atoms with Gasteiger partial charge in [-0.2, -0.15) is 0 Å². The summed E-state index contributed by atoms with van der Waals surface area (Å²) < 4.78 is 0. The van der Waals surface area contributed by atoms with Gasteiger partial charge < -0.3 is 11.1 Å². The van der Waals surface area contributed by atoms with Gasteiger partial charge in [0.25, 0.3) is 0 Å². The lowest BCUT2D eigenvalue weighted by atomic mass is 10.0. The molecule has 0 rings (SSSR count). The first-order valence-electron chi connectivity index (χ1n) is 10.7. The van der Waals surface area contributed by atoms with E-state index in [2.05, 4.69) is 19.2 Å². The molecule has 0 heterocycles. The minimum atomic E-state index is 0.811. The fraction of sp³-hybridized carbons (Fsp3) is 1.00. The smallest absolute Gasteiger partial charge is 0.00369 e. The molecule has 0 fully saturated rings. The van der Waals surface area contributed by atoms with Crippen LogP contribution in [0.1, 0.15) is 110 Å². The number of rotatable bonds is 19. The van der Waals surface area contributed by atoms with Gasteiger partial charge in [0.05, 0.1) is 0 Å². The second kappa shape index (κ2) is 20.0. The highest BCUT2D eigenvalue weighted by Crippen LogP contribution is 2.14. The topological polar surface area (TPSA) is 38.0 Å². The SMILES string of the molecule is CC(C)CCCCCCCCCCCCCCCNCCCN. The van der Waals surface area contributed by atoms with Crippen molar-refractivity contribution in [3.63, 3.8) is 0 Å². The Morgan fingerprint density at radius 3 is 1.39 bits per heavy atom. The molecular formula is C21H46N2. The number of hydrogen-bond donors (Lipinski definition) is 2. The lowest BCUT2D eigenvalue weighted by Gasteiger charge is -2.05. The number of nitrogens with one attached hydrogen (secondary N) is 1. The number of unbranched alkanes of at least 4 members (excludes halogenated alkanes) is 12. The Balaban J connectivity index is 2.95. The van der Waals surface area contributed by atoms with Crippen LogP contribution in [0.15, 0.2) is 0 Å². The monoisotopic (exact) mass is 326 g/mol. The maximum absolute atomic E-state index is 5.46. The molecule has 0 saturated heterocycles. The number of hydrogen-bond acceptors (Lipinski definition) is 2. The van der Waals surface area contributed by atoms with Crippen molar-refractivity contribution in [2.24, 2.45) is 11.7 Å². The van der Waals surface area contributed by atoms with Crippen molar-refractivity contribution in [2.45, 2.75) is 110 Å². The minimum Gasteiger partial charge on any atom is -0.330 e. The van der Waals surface area contributed by atoms with Crippen molar-refractivity contribution in [3.8, 4) is 0 Å². The highest BCUT2D eigenvalue weighted by atomic mass is 14.8. The van der Waals surface area contributed by atoms with Crippen molar-refractivity contribution in [3.05, 3.63) is 0 Å².